The van der Waals surface area contributed by atoms with Crippen LogP contribution in [0.15, 0.2) is 40.2 Å². The van der Waals surface area contributed by atoms with Gasteiger partial charge < -0.3 is 19.8 Å². The van der Waals surface area contributed by atoms with Crippen LogP contribution in [0, 0.1) is 0 Å². The Morgan fingerprint density at radius 2 is 2.14 bits per heavy atom. The van der Waals surface area contributed by atoms with Crippen LogP contribution < -0.4 is 16.6 Å². The molecular formula is C19H22N6O3. The molecule has 3 aromatic rings. The summed E-state index contributed by atoms with van der Waals surface area (Å²) in [5, 5.41) is 3.69. The van der Waals surface area contributed by atoms with E-state index in [0.717, 1.165) is 10.4 Å². The molecule has 2 N–H and O–H groups in total. The van der Waals surface area contributed by atoms with Gasteiger partial charge in [0, 0.05) is 51.2 Å². The van der Waals surface area contributed by atoms with E-state index in [4.69, 9.17) is 0 Å². The molecule has 2 aromatic heterocycles. The van der Waals surface area contributed by atoms with E-state index in [0.29, 0.717) is 36.1 Å². The Balaban J connectivity index is 1.74. The van der Waals surface area contributed by atoms with Gasteiger partial charge in [0.05, 0.1) is 10.9 Å². The number of amides is 1. The molecule has 0 saturated carbocycles. The van der Waals surface area contributed by atoms with Crippen molar-refractivity contribution in [1.29, 1.82) is 0 Å². The van der Waals surface area contributed by atoms with Crippen LogP contribution in [0.4, 0.5) is 0 Å². The lowest BCUT2D eigenvalue weighted by atomic mass is 10.1. The van der Waals surface area contributed by atoms with Crippen LogP contribution in [-0.4, -0.2) is 49.5 Å². The molecule has 9 nitrogen and oxygen atoms in total. The molecule has 1 unspecified atom stereocenters. The predicted octanol–water partition coefficient (Wildman–Crippen LogP) is 0.230. The fourth-order valence-electron chi connectivity index (χ4n) is 3.72. The van der Waals surface area contributed by atoms with Crippen LogP contribution in [-0.2, 0) is 13.6 Å². The summed E-state index contributed by atoms with van der Waals surface area (Å²) in [5.74, 6) is 0.650. The fraction of sp³-hybridized carbons (Fsp3) is 0.368. The summed E-state index contributed by atoms with van der Waals surface area (Å²) in [4.78, 5) is 46.7. The van der Waals surface area contributed by atoms with Gasteiger partial charge in [-0.3, -0.25) is 14.2 Å². The quantitative estimate of drug-likeness (QED) is 0.675. The van der Waals surface area contributed by atoms with E-state index in [2.05, 4.69) is 15.3 Å². The van der Waals surface area contributed by atoms with Gasteiger partial charge in [-0.2, -0.15) is 0 Å². The Hall–Kier alpha value is -3.20. The van der Waals surface area contributed by atoms with Crippen molar-refractivity contribution in [3.8, 4) is 0 Å². The number of nitrogens with zero attached hydrogens (tertiary/aromatic N) is 4. The van der Waals surface area contributed by atoms with E-state index in [1.807, 2.05) is 17.8 Å². The molecule has 1 aliphatic heterocycles. The van der Waals surface area contributed by atoms with Crippen molar-refractivity contribution in [2.75, 3.05) is 19.6 Å². The normalized spacial score (nSPS) is 17.2. The van der Waals surface area contributed by atoms with Crippen molar-refractivity contribution in [1.82, 2.24) is 29.3 Å². The molecule has 0 spiro atoms. The molecule has 28 heavy (non-hydrogen) atoms. The summed E-state index contributed by atoms with van der Waals surface area (Å²) in [7, 11) is 1.90. The van der Waals surface area contributed by atoms with Crippen molar-refractivity contribution in [3.05, 3.63) is 62.8 Å². The van der Waals surface area contributed by atoms with Crippen molar-refractivity contribution in [2.45, 2.75) is 19.5 Å². The zero-order chi connectivity index (χ0) is 19.8. The summed E-state index contributed by atoms with van der Waals surface area (Å²) >= 11 is 0. The molecule has 0 aliphatic carbocycles. The topological polar surface area (TPSA) is 105 Å². The molecule has 1 amide bonds. The van der Waals surface area contributed by atoms with Crippen LogP contribution >= 0.6 is 0 Å². The summed E-state index contributed by atoms with van der Waals surface area (Å²) in [6.45, 7) is 3.88. The minimum absolute atomic E-state index is 0.156. The van der Waals surface area contributed by atoms with E-state index in [-0.39, 0.29) is 24.1 Å². The maximum absolute atomic E-state index is 13.2. The maximum Gasteiger partial charge on any atom is 0.328 e. The summed E-state index contributed by atoms with van der Waals surface area (Å²) in [6.07, 6.45) is 3.57. The second-order valence-corrected chi connectivity index (χ2v) is 6.85. The molecule has 1 aromatic carbocycles. The molecule has 0 bridgehead atoms. The Labute approximate surface area is 160 Å². The van der Waals surface area contributed by atoms with Gasteiger partial charge in [0.1, 0.15) is 11.9 Å². The first kappa shape index (κ1) is 18.2. The molecule has 1 saturated heterocycles. The van der Waals surface area contributed by atoms with Gasteiger partial charge in [-0.05, 0) is 25.1 Å². The number of carbonyl (C=O) groups excluding carboxylic acids is 1. The lowest BCUT2D eigenvalue weighted by Crippen LogP contribution is -2.49. The third-order valence-electron chi connectivity index (χ3n) is 5.21. The Bertz CT molecular complexity index is 1160. The van der Waals surface area contributed by atoms with E-state index < -0.39 is 5.69 Å². The van der Waals surface area contributed by atoms with Gasteiger partial charge in [-0.15, -0.1) is 0 Å². The first-order valence-corrected chi connectivity index (χ1v) is 9.27. The van der Waals surface area contributed by atoms with Gasteiger partial charge in [-0.1, -0.05) is 0 Å². The molecule has 1 atom stereocenters. The minimum Gasteiger partial charge on any atom is -0.336 e. The van der Waals surface area contributed by atoms with Gasteiger partial charge in [0.15, 0.2) is 0 Å². The number of aromatic amines is 1. The van der Waals surface area contributed by atoms with E-state index in [1.54, 1.807) is 36.2 Å². The molecule has 146 valence electrons. The zero-order valence-electron chi connectivity index (χ0n) is 15.8. The van der Waals surface area contributed by atoms with Crippen LogP contribution in [0.1, 0.15) is 29.1 Å². The average molecular weight is 382 g/mol. The number of hydrogen-bond donors (Lipinski definition) is 2. The highest BCUT2D eigenvalue weighted by atomic mass is 16.2. The number of hydrogen-bond acceptors (Lipinski definition) is 5. The van der Waals surface area contributed by atoms with E-state index in [1.165, 1.54) is 0 Å². The highest BCUT2D eigenvalue weighted by molar-refractivity contribution is 5.98. The van der Waals surface area contributed by atoms with Gasteiger partial charge in [-0.25, -0.2) is 9.78 Å². The Kier molecular flexibility index (Phi) is 4.60. The monoisotopic (exact) mass is 382 g/mol. The number of piperazine rings is 1. The number of nitrogens with one attached hydrogen (secondary N) is 2. The first-order valence-electron chi connectivity index (χ1n) is 9.27. The lowest BCUT2D eigenvalue weighted by molar-refractivity contribution is 0.0621. The van der Waals surface area contributed by atoms with Crippen molar-refractivity contribution < 1.29 is 4.79 Å². The number of imidazole rings is 1. The third kappa shape index (κ3) is 2.93. The molecule has 4 rings (SSSR count). The highest BCUT2D eigenvalue weighted by Gasteiger charge is 2.31. The molecule has 0 radical (unpaired) electrons. The second-order valence-electron chi connectivity index (χ2n) is 6.85. The van der Waals surface area contributed by atoms with Gasteiger partial charge in [0.2, 0.25) is 0 Å². The average Bonchev–Trinajstić information content (AvgIpc) is 3.13. The zero-order valence-corrected chi connectivity index (χ0v) is 15.8. The predicted molar refractivity (Wildman–Crippen MR) is 104 cm³/mol. The number of carbonyl (C=O) groups is 1. The molecule has 1 aliphatic rings. The molecular weight excluding hydrogens is 360 g/mol. The second kappa shape index (κ2) is 7.08. The third-order valence-corrected chi connectivity index (χ3v) is 5.21. The summed E-state index contributed by atoms with van der Waals surface area (Å²) < 4.78 is 3.04. The molecule has 3 heterocycles. The molecule has 1 fully saturated rings. The fourth-order valence-corrected chi connectivity index (χ4v) is 3.72. The van der Waals surface area contributed by atoms with E-state index in [9.17, 15) is 14.4 Å². The number of rotatable bonds is 3. The smallest absolute Gasteiger partial charge is 0.328 e. The summed E-state index contributed by atoms with van der Waals surface area (Å²) in [5.41, 5.74) is -0.0295. The molecule has 9 heteroatoms. The number of fused-ring (bicyclic) bond motifs is 1. The lowest BCUT2D eigenvalue weighted by Gasteiger charge is -2.35. The van der Waals surface area contributed by atoms with Crippen LogP contribution in [0.25, 0.3) is 10.9 Å². The SMILES string of the molecule is CCn1c(=O)[nH]c2cc(C(=O)N3CCNCC3c3nccn3C)ccc2c1=O. The first-order chi connectivity index (χ1) is 13.5. The maximum atomic E-state index is 13.2. The van der Waals surface area contributed by atoms with Crippen molar-refractivity contribution >= 4 is 16.8 Å². The van der Waals surface area contributed by atoms with Gasteiger partial charge in [0.25, 0.3) is 11.5 Å². The summed E-state index contributed by atoms with van der Waals surface area (Å²) in [6, 6.07) is 4.63. The highest BCUT2D eigenvalue weighted by Crippen LogP contribution is 2.23. The number of aryl methyl sites for hydroxylation is 1. The Morgan fingerprint density at radius 1 is 1.32 bits per heavy atom. The minimum atomic E-state index is -0.474. The largest absolute Gasteiger partial charge is 0.336 e. The number of benzene rings is 1. The number of H-pyrrole nitrogens is 1. The van der Waals surface area contributed by atoms with E-state index >= 15 is 0 Å². The van der Waals surface area contributed by atoms with Crippen molar-refractivity contribution in [2.24, 2.45) is 7.05 Å². The van der Waals surface area contributed by atoms with Crippen molar-refractivity contribution in [3.63, 3.8) is 0 Å². The van der Waals surface area contributed by atoms with Crippen LogP contribution in [0.2, 0.25) is 0 Å². The van der Waals surface area contributed by atoms with Gasteiger partial charge >= 0.3 is 5.69 Å². The van der Waals surface area contributed by atoms with Crippen LogP contribution in [0.3, 0.4) is 0 Å². The standard InChI is InChI=1S/C19H22N6O3/c1-3-24-18(27)13-5-4-12(10-14(13)22-19(24)28)17(26)25-9-6-20-11-15(25)16-21-7-8-23(16)2/h4-5,7-8,10,15,20H,3,6,9,11H2,1-2H3,(H,22,28). The number of aromatic nitrogens is 4. The van der Waals surface area contributed by atoms with Crippen LogP contribution in [0.5, 0.6) is 0 Å². The Morgan fingerprint density at radius 3 is 2.86 bits per heavy atom.